The number of rotatable bonds is 1. The van der Waals surface area contributed by atoms with Crippen molar-refractivity contribution in [2.75, 3.05) is 0 Å². The van der Waals surface area contributed by atoms with Gasteiger partial charge in [-0.15, -0.1) is 0 Å². The molecule has 3 N–H and O–H groups in total. The number of phenols is 1. The third-order valence-corrected chi connectivity index (χ3v) is 2.58. The van der Waals surface area contributed by atoms with Crippen LogP contribution < -0.4 is 5.73 Å². The zero-order valence-electron chi connectivity index (χ0n) is 10.0. The largest absolute Gasteiger partial charge is 0.507 e. The van der Waals surface area contributed by atoms with Crippen molar-refractivity contribution < 1.29 is 18.3 Å². The highest BCUT2D eigenvalue weighted by atomic mass is 19.4. The highest BCUT2D eigenvalue weighted by Gasteiger charge is 2.36. The summed E-state index contributed by atoms with van der Waals surface area (Å²) in [5.74, 6) is -0.770. The Morgan fingerprint density at radius 2 is 1.71 bits per heavy atom. The van der Waals surface area contributed by atoms with Crippen molar-refractivity contribution >= 4 is 0 Å². The third-order valence-electron chi connectivity index (χ3n) is 2.58. The lowest BCUT2D eigenvalue weighted by Gasteiger charge is -2.22. The molecule has 1 aromatic carbocycles. The number of benzene rings is 1. The maximum atomic E-state index is 12.7. The van der Waals surface area contributed by atoms with Crippen LogP contribution in [0.15, 0.2) is 12.1 Å². The second-order valence-corrected chi connectivity index (χ2v) is 4.98. The molecule has 0 aliphatic heterocycles. The molecule has 2 nitrogen and oxygen atoms in total. The Labute approximate surface area is 98.3 Å². The minimum atomic E-state index is -4.57. The van der Waals surface area contributed by atoms with E-state index in [1.54, 1.807) is 20.8 Å². The molecule has 17 heavy (non-hydrogen) atoms. The summed E-state index contributed by atoms with van der Waals surface area (Å²) in [7, 11) is 0. The smallest absolute Gasteiger partial charge is 0.419 e. The van der Waals surface area contributed by atoms with E-state index >= 15 is 0 Å². The van der Waals surface area contributed by atoms with Gasteiger partial charge in [-0.2, -0.15) is 13.2 Å². The molecule has 1 rings (SSSR count). The molecule has 5 heteroatoms. The van der Waals surface area contributed by atoms with Crippen LogP contribution in [0.1, 0.15) is 37.5 Å². The highest BCUT2D eigenvalue weighted by Crippen LogP contribution is 2.40. The first-order valence-electron chi connectivity index (χ1n) is 5.21. The highest BCUT2D eigenvalue weighted by molar-refractivity contribution is 5.47. The van der Waals surface area contributed by atoms with E-state index in [4.69, 9.17) is 5.73 Å². The van der Waals surface area contributed by atoms with E-state index in [2.05, 4.69) is 0 Å². The molecule has 0 saturated heterocycles. The number of hydrogen-bond acceptors (Lipinski definition) is 2. The average Bonchev–Trinajstić information content (AvgIpc) is 2.14. The van der Waals surface area contributed by atoms with Gasteiger partial charge in [0.05, 0.1) is 5.56 Å². The van der Waals surface area contributed by atoms with Crippen LogP contribution in [0.2, 0.25) is 0 Å². The van der Waals surface area contributed by atoms with Crippen LogP contribution in [0.3, 0.4) is 0 Å². The first kappa shape index (κ1) is 13.8. The fraction of sp³-hybridized carbons (Fsp3) is 0.500. The van der Waals surface area contributed by atoms with Crippen LogP contribution >= 0.6 is 0 Å². The third kappa shape index (κ3) is 2.91. The van der Waals surface area contributed by atoms with Crippen molar-refractivity contribution in [2.45, 2.75) is 38.9 Å². The lowest BCUT2D eigenvalue weighted by atomic mass is 9.84. The number of hydrogen-bond donors (Lipinski definition) is 2. The maximum Gasteiger partial charge on any atom is 0.419 e. The van der Waals surface area contributed by atoms with E-state index in [0.717, 1.165) is 6.07 Å². The molecular formula is C12H16F3NO. The fourth-order valence-corrected chi connectivity index (χ4v) is 1.50. The van der Waals surface area contributed by atoms with Gasteiger partial charge < -0.3 is 10.8 Å². The van der Waals surface area contributed by atoms with Crippen molar-refractivity contribution in [1.82, 2.24) is 0 Å². The van der Waals surface area contributed by atoms with Gasteiger partial charge in [0, 0.05) is 12.1 Å². The predicted molar refractivity (Wildman–Crippen MR) is 59.7 cm³/mol. The quantitative estimate of drug-likeness (QED) is 0.800. The van der Waals surface area contributed by atoms with Crippen molar-refractivity contribution in [3.63, 3.8) is 0 Å². The van der Waals surface area contributed by atoms with E-state index in [1.807, 2.05) is 0 Å². The van der Waals surface area contributed by atoms with Crippen LogP contribution in [0, 0.1) is 0 Å². The van der Waals surface area contributed by atoms with Gasteiger partial charge in [0.1, 0.15) is 5.75 Å². The summed E-state index contributed by atoms with van der Waals surface area (Å²) < 4.78 is 38.2. The van der Waals surface area contributed by atoms with Crippen LogP contribution in [0.25, 0.3) is 0 Å². The van der Waals surface area contributed by atoms with Crippen molar-refractivity contribution in [2.24, 2.45) is 5.73 Å². The first-order chi connectivity index (χ1) is 7.57. The first-order valence-corrected chi connectivity index (χ1v) is 5.21. The molecule has 0 heterocycles. The number of nitrogens with two attached hydrogens (primary N) is 1. The van der Waals surface area contributed by atoms with Crippen LogP contribution in [0.5, 0.6) is 5.75 Å². The summed E-state index contributed by atoms with van der Waals surface area (Å²) in [4.78, 5) is 0. The van der Waals surface area contributed by atoms with Gasteiger partial charge in [-0.3, -0.25) is 0 Å². The minimum Gasteiger partial charge on any atom is -0.507 e. The van der Waals surface area contributed by atoms with E-state index in [-0.39, 0.29) is 12.1 Å². The van der Waals surface area contributed by atoms with Crippen molar-refractivity contribution in [3.8, 4) is 5.75 Å². The van der Waals surface area contributed by atoms with E-state index < -0.39 is 22.9 Å². The van der Waals surface area contributed by atoms with Crippen molar-refractivity contribution in [3.05, 3.63) is 28.8 Å². The Hall–Kier alpha value is -1.23. The average molecular weight is 247 g/mol. The zero-order chi connectivity index (χ0) is 13.4. The Morgan fingerprint density at radius 1 is 1.18 bits per heavy atom. The summed E-state index contributed by atoms with van der Waals surface area (Å²) in [5.41, 5.74) is 4.51. The van der Waals surface area contributed by atoms with Gasteiger partial charge in [0.2, 0.25) is 0 Å². The number of alkyl halides is 3. The Kier molecular flexibility index (Phi) is 3.43. The van der Waals surface area contributed by atoms with Crippen molar-refractivity contribution in [1.29, 1.82) is 0 Å². The lowest BCUT2D eigenvalue weighted by molar-refractivity contribution is -0.138. The molecule has 0 unspecified atom stereocenters. The molecule has 0 radical (unpaired) electrons. The summed E-state index contributed by atoms with van der Waals surface area (Å²) in [6.07, 6.45) is -4.57. The molecule has 0 fully saturated rings. The van der Waals surface area contributed by atoms with Crippen LogP contribution in [-0.2, 0) is 18.1 Å². The molecule has 0 spiro atoms. The predicted octanol–water partition coefficient (Wildman–Crippen LogP) is 3.17. The molecule has 0 atom stereocenters. The van der Waals surface area contributed by atoms with E-state index in [0.29, 0.717) is 5.56 Å². The van der Waals surface area contributed by atoms with Crippen LogP contribution in [-0.4, -0.2) is 5.11 Å². The van der Waals surface area contributed by atoms with Crippen LogP contribution in [0.4, 0.5) is 13.2 Å². The summed E-state index contributed by atoms with van der Waals surface area (Å²) in [6, 6.07) is 2.50. The minimum absolute atomic E-state index is 0.116. The normalized spacial score (nSPS) is 12.9. The molecular weight excluding hydrogens is 231 g/mol. The molecule has 0 saturated carbocycles. The maximum absolute atomic E-state index is 12.7. The number of halogens is 3. The van der Waals surface area contributed by atoms with Gasteiger partial charge in [0.25, 0.3) is 0 Å². The second-order valence-electron chi connectivity index (χ2n) is 4.98. The molecule has 96 valence electrons. The summed E-state index contributed by atoms with van der Waals surface area (Å²) >= 11 is 0. The van der Waals surface area contributed by atoms with E-state index in [9.17, 15) is 18.3 Å². The molecule has 0 bridgehead atoms. The lowest BCUT2D eigenvalue weighted by Crippen LogP contribution is -2.16. The molecule has 0 aliphatic carbocycles. The monoisotopic (exact) mass is 247 g/mol. The standard InChI is InChI=1S/C12H16F3NO/c1-11(2,3)8-4-7(6-16)10(17)9(5-8)12(13,14)15/h4-5,17H,6,16H2,1-3H3. The SMILES string of the molecule is CC(C)(C)c1cc(CN)c(O)c(C(F)(F)F)c1. The fourth-order valence-electron chi connectivity index (χ4n) is 1.50. The number of phenolic OH excluding ortho intramolecular Hbond substituents is 1. The van der Waals surface area contributed by atoms with Gasteiger partial charge in [-0.25, -0.2) is 0 Å². The van der Waals surface area contributed by atoms with E-state index in [1.165, 1.54) is 6.07 Å². The van der Waals surface area contributed by atoms with Gasteiger partial charge in [0.15, 0.2) is 0 Å². The van der Waals surface area contributed by atoms with Gasteiger partial charge >= 0.3 is 6.18 Å². The molecule has 0 aromatic heterocycles. The number of aromatic hydroxyl groups is 1. The Morgan fingerprint density at radius 3 is 2.06 bits per heavy atom. The Balaban J connectivity index is 3.50. The topological polar surface area (TPSA) is 46.2 Å². The summed E-state index contributed by atoms with van der Waals surface area (Å²) in [6.45, 7) is 5.29. The van der Waals surface area contributed by atoms with Gasteiger partial charge in [-0.05, 0) is 17.0 Å². The molecule has 0 aliphatic rings. The Bertz CT molecular complexity index is 419. The zero-order valence-corrected chi connectivity index (χ0v) is 10.0. The second kappa shape index (κ2) is 4.22. The summed E-state index contributed by atoms with van der Waals surface area (Å²) in [5, 5.41) is 9.51. The molecule has 0 amide bonds. The van der Waals surface area contributed by atoms with Gasteiger partial charge in [-0.1, -0.05) is 26.8 Å². The molecule has 1 aromatic rings.